The third kappa shape index (κ3) is 8.39. The Morgan fingerprint density at radius 2 is 1.60 bits per heavy atom. The van der Waals surface area contributed by atoms with E-state index in [1.165, 1.54) is 5.56 Å². The maximum atomic E-state index is 6.89. The topological polar surface area (TPSA) is 83.1 Å². The summed E-state index contributed by atoms with van der Waals surface area (Å²) in [7, 11) is 1.67. The molecule has 0 aromatic heterocycles. The summed E-state index contributed by atoms with van der Waals surface area (Å²) in [6.45, 7) is 6.74. The van der Waals surface area contributed by atoms with E-state index >= 15 is 0 Å². The molecule has 9 heteroatoms. The molecule has 2 aromatic carbocycles. The van der Waals surface area contributed by atoms with E-state index < -0.39 is 0 Å². The molecule has 7 rings (SSSR count). The van der Waals surface area contributed by atoms with E-state index in [1.807, 2.05) is 42.5 Å². The van der Waals surface area contributed by atoms with Crippen molar-refractivity contribution in [3.8, 4) is 5.75 Å². The first-order valence-corrected chi connectivity index (χ1v) is 17.6. The average molecular weight is 651 g/mol. The van der Waals surface area contributed by atoms with E-state index in [9.17, 15) is 0 Å². The summed E-state index contributed by atoms with van der Waals surface area (Å²) in [6, 6.07) is 18.2. The van der Waals surface area contributed by atoms with Gasteiger partial charge >= 0.3 is 0 Å². The molecule has 47 heavy (non-hydrogen) atoms. The van der Waals surface area contributed by atoms with Crippen molar-refractivity contribution in [2.24, 2.45) is 0 Å². The van der Waals surface area contributed by atoms with Crippen LogP contribution in [0.1, 0.15) is 68.9 Å². The zero-order chi connectivity index (χ0) is 32.0. The highest BCUT2D eigenvalue weighted by Gasteiger charge is 2.52. The van der Waals surface area contributed by atoms with Crippen molar-refractivity contribution in [1.82, 2.24) is 0 Å². The molecule has 0 N–H and O–H groups in total. The molecular weight excluding hydrogens is 600 g/mol. The predicted molar refractivity (Wildman–Crippen MR) is 174 cm³/mol. The molecule has 5 aliphatic rings. The number of rotatable bonds is 11. The normalized spacial score (nSPS) is 35.5. The second-order valence-electron chi connectivity index (χ2n) is 13.5. The van der Waals surface area contributed by atoms with Gasteiger partial charge in [0, 0.05) is 32.5 Å². The molecule has 0 bridgehead atoms. The highest BCUT2D eigenvalue weighted by Crippen LogP contribution is 2.42. The van der Waals surface area contributed by atoms with Gasteiger partial charge < -0.3 is 42.6 Å². The first-order chi connectivity index (χ1) is 23.1. The molecule has 2 aromatic rings. The van der Waals surface area contributed by atoms with Crippen LogP contribution in [0.4, 0.5) is 0 Å². The lowest BCUT2D eigenvalue weighted by Crippen LogP contribution is -2.54. The predicted octanol–water partition coefficient (Wildman–Crippen LogP) is 6.26. The molecule has 5 aliphatic heterocycles. The van der Waals surface area contributed by atoms with Crippen LogP contribution in [0.5, 0.6) is 5.75 Å². The number of hydrogen-bond acceptors (Lipinski definition) is 9. The van der Waals surface area contributed by atoms with Crippen LogP contribution in [0.2, 0.25) is 0 Å². The molecule has 5 saturated heterocycles. The lowest BCUT2D eigenvalue weighted by atomic mass is 9.92. The Kier molecular flexibility index (Phi) is 11.1. The molecule has 0 spiro atoms. The summed E-state index contributed by atoms with van der Waals surface area (Å²) >= 11 is 0. The van der Waals surface area contributed by atoms with Gasteiger partial charge in [-0.1, -0.05) is 49.0 Å². The van der Waals surface area contributed by atoms with E-state index in [0.717, 1.165) is 62.9 Å². The Morgan fingerprint density at radius 1 is 0.766 bits per heavy atom. The van der Waals surface area contributed by atoms with E-state index in [2.05, 4.69) is 18.7 Å². The third-order valence-electron chi connectivity index (χ3n) is 10.2. The second kappa shape index (κ2) is 15.8. The molecule has 5 fully saturated rings. The van der Waals surface area contributed by atoms with Crippen LogP contribution < -0.4 is 4.74 Å². The van der Waals surface area contributed by atoms with Crippen LogP contribution >= 0.6 is 0 Å². The Morgan fingerprint density at radius 3 is 2.40 bits per heavy atom. The summed E-state index contributed by atoms with van der Waals surface area (Å²) < 4.78 is 57.2. The first kappa shape index (κ1) is 33.0. The number of methoxy groups -OCH3 is 1. The van der Waals surface area contributed by atoms with Crippen molar-refractivity contribution >= 4 is 0 Å². The summed E-state index contributed by atoms with van der Waals surface area (Å²) in [5.41, 5.74) is 2.25. The van der Waals surface area contributed by atoms with E-state index in [1.54, 1.807) is 7.11 Å². The van der Waals surface area contributed by atoms with Crippen molar-refractivity contribution in [3.05, 3.63) is 78.1 Å². The summed E-state index contributed by atoms with van der Waals surface area (Å²) in [4.78, 5) is 0. The fourth-order valence-corrected chi connectivity index (χ4v) is 7.62. The molecule has 1 unspecified atom stereocenters. The van der Waals surface area contributed by atoms with Crippen LogP contribution in [-0.2, 0) is 51.1 Å². The average Bonchev–Trinajstić information content (AvgIpc) is 3.33. The Balaban J connectivity index is 0.981. The van der Waals surface area contributed by atoms with E-state index in [-0.39, 0.29) is 61.2 Å². The van der Waals surface area contributed by atoms with Gasteiger partial charge in [0.05, 0.1) is 56.9 Å². The van der Waals surface area contributed by atoms with Gasteiger partial charge in [-0.05, 0) is 61.8 Å². The van der Waals surface area contributed by atoms with Gasteiger partial charge in [0.2, 0.25) is 0 Å². The number of benzene rings is 2. The van der Waals surface area contributed by atoms with Gasteiger partial charge in [-0.15, -0.1) is 0 Å². The standard InChI is InChI=1S/C38H50O9/c1-25-30(42-24-27-11-13-28(39-2)14-12-27)15-16-31-33(43-25)21-35-38(47-31)36(46-37-10-6-7-18-41-37)22-34-32(45-35)20-29(44-34)17-19-40-23-26-8-4-3-5-9-26/h3-5,8-9,11-14,29-38H,1,6-7,10,15-24H2,2H3/t29-,30-,31+,32-,33-,34+,35+,36-,37?,38+/m0/s1. The lowest BCUT2D eigenvalue weighted by molar-refractivity contribution is -0.255. The van der Waals surface area contributed by atoms with E-state index in [0.29, 0.717) is 38.4 Å². The van der Waals surface area contributed by atoms with Gasteiger partial charge in [-0.25, -0.2) is 0 Å². The van der Waals surface area contributed by atoms with Gasteiger partial charge in [0.1, 0.15) is 29.8 Å². The Hall–Kier alpha value is -2.50. The molecule has 256 valence electrons. The maximum Gasteiger partial charge on any atom is 0.158 e. The van der Waals surface area contributed by atoms with Crippen molar-refractivity contribution in [2.45, 2.75) is 132 Å². The van der Waals surface area contributed by atoms with Crippen LogP contribution in [0.15, 0.2) is 66.9 Å². The minimum atomic E-state index is -0.225. The fourth-order valence-electron chi connectivity index (χ4n) is 7.62. The molecule has 5 heterocycles. The molecule has 10 atom stereocenters. The molecule has 0 aliphatic carbocycles. The Bertz CT molecular complexity index is 1270. The van der Waals surface area contributed by atoms with Gasteiger partial charge in [-0.2, -0.15) is 0 Å². The minimum Gasteiger partial charge on any atom is -0.497 e. The quantitative estimate of drug-likeness (QED) is 0.262. The van der Waals surface area contributed by atoms with Crippen molar-refractivity contribution < 1.29 is 42.6 Å². The van der Waals surface area contributed by atoms with Gasteiger partial charge in [-0.3, -0.25) is 0 Å². The zero-order valence-electron chi connectivity index (χ0n) is 27.5. The second-order valence-corrected chi connectivity index (χ2v) is 13.5. The maximum absolute atomic E-state index is 6.89. The largest absolute Gasteiger partial charge is 0.497 e. The van der Waals surface area contributed by atoms with E-state index in [4.69, 9.17) is 42.6 Å². The first-order valence-electron chi connectivity index (χ1n) is 17.6. The van der Waals surface area contributed by atoms with Crippen molar-refractivity contribution in [3.63, 3.8) is 0 Å². The van der Waals surface area contributed by atoms with Gasteiger partial charge in [0.15, 0.2) is 6.29 Å². The summed E-state index contributed by atoms with van der Waals surface area (Å²) in [5, 5.41) is 0. The highest BCUT2D eigenvalue weighted by molar-refractivity contribution is 5.26. The van der Waals surface area contributed by atoms with Crippen molar-refractivity contribution in [2.75, 3.05) is 20.3 Å². The van der Waals surface area contributed by atoms with Crippen LogP contribution in [-0.4, -0.2) is 81.5 Å². The lowest BCUT2D eigenvalue weighted by Gasteiger charge is -2.43. The molecule has 0 saturated carbocycles. The highest BCUT2D eigenvalue weighted by atomic mass is 16.7. The third-order valence-corrected chi connectivity index (χ3v) is 10.2. The number of hydrogen-bond donors (Lipinski definition) is 0. The molecular formula is C38H50O9. The molecule has 0 radical (unpaired) electrons. The minimum absolute atomic E-state index is 0.0304. The zero-order valence-corrected chi connectivity index (χ0v) is 27.5. The van der Waals surface area contributed by atoms with Crippen LogP contribution in [0.25, 0.3) is 0 Å². The van der Waals surface area contributed by atoms with Crippen molar-refractivity contribution in [1.29, 1.82) is 0 Å². The summed E-state index contributed by atoms with van der Waals surface area (Å²) in [5.74, 6) is 1.48. The smallest absolute Gasteiger partial charge is 0.158 e. The summed E-state index contributed by atoms with van der Waals surface area (Å²) in [6.07, 6.45) is 6.43. The monoisotopic (exact) mass is 650 g/mol. The molecule has 9 nitrogen and oxygen atoms in total. The fraction of sp³-hybridized carbons (Fsp3) is 0.632. The molecule has 0 amide bonds. The number of ether oxygens (including phenoxy) is 9. The Labute approximate surface area is 278 Å². The van der Waals surface area contributed by atoms with Crippen LogP contribution in [0, 0.1) is 0 Å². The number of fused-ring (bicyclic) bond motifs is 3. The van der Waals surface area contributed by atoms with Gasteiger partial charge in [0.25, 0.3) is 0 Å². The van der Waals surface area contributed by atoms with Crippen LogP contribution in [0.3, 0.4) is 0 Å². The SMILES string of the molecule is C=C1O[C@H]2C[C@H]3O[C@H]4C[C@H](CCOCc5ccccc5)O[C@@H]4C[C@H](OC4CCCCO4)[C@@H]3O[C@@H]2CC[C@@H]1OCc1ccc(OC)cc1.